The molecule has 1 heterocycles. The van der Waals surface area contributed by atoms with E-state index in [0.717, 1.165) is 17.2 Å². The summed E-state index contributed by atoms with van der Waals surface area (Å²) in [7, 11) is 0. The van der Waals surface area contributed by atoms with E-state index in [1.807, 2.05) is 32.0 Å². The Morgan fingerprint density at radius 1 is 1.12 bits per heavy atom. The number of ether oxygens (including phenoxy) is 3. The van der Waals surface area contributed by atoms with Gasteiger partial charge in [0.1, 0.15) is 5.75 Å². The Labute approximate surface area is 140 Å². The quantitative estimate of drug-likeness (QED) is 0.642. The van der Waals surface area contributed by atoms with Crippen molar-refractivity contribution in [1.29, 1.82) is 0 Å². The van der Waals surface area contributed by atoms with E-state index < -0.39 is 0 Å². The van der Waals surface area contributed by atoms with Crippen LogP contribution in [0.25, 0.3) is 0 Å². The summed E-state index contributed by atoms with van der Waals surface area (Å²) in [6.45, 7) is 4.16. The zero-order valence-corrected chi connectivity index (χ0v) is 13.6. The number of fused-ring (bicyclic) bond motifs is 1. The van der Waals surface area contributed by atoms with Gasteiger partial charge in [-0.05, 0) is 50.2 Å². The molecule has 0 aromatic heterocycles. The second-order valence-corrected chi connectivity index (χ2v) is 5.60. The van der Waals surface area contributed by atoms with E-state index in [9.17, 15) is 4.79 Å². The monoisotopic (exact) mass is 325 g/mol. The Morgan fingerprint density at radius 2 is 1.88 bits per heavy atom. The van der Waals surface area contributed by atoms with Crippen molar-refractivity contribution in [2.45, 2.75) is 20.0 Å². The minimum atomic E-state index is -0.0839. The number of hydrogen-bond donors (Lipinski definition) is 1. The summed E-state index contributed by atoms with van der Waals surface area (Å²) in [4.78, 5) is 12.1. The highest BCUT2D eigenvalue weighted by molar-refractivity contribution is 6.04. The van der Waals surface area contributed by atoms with Crippen molar-refractivity contribution in [2.24, 2.45) is 0 Å². The van der Waals surface area contributed by atoms with Crippen LogP contribution in [-0.4, -0.2) is 18.7 Å². The normalized spacial score (nSPS) is 12.6. The first-order chi connectivity index (χ1) is 11.6. The molecule has 0 saturated carbocycles. The summed E-state index contributed by atoms with van der Waals surface area (Å²) in [5.74, 6) is 2.09. The Morgan fingerprint density at radius 3 is 2.62 bits per heavy atom. The Hall–Kier alpha value is -2.95. The predicted molar refractivity (Wildman–Crippen MR) is 91.9 cm³/mol. The minimum absolute atomic E-state index is 0.0839. The average Bonchev–Trinajstić information content (AvgIpc) is 3.02. The van der Waals surface area contributed by atoms with Gasteiger partial charge >= 0.3 is 0 Å². The van der Waals surface area contributed by atoms with Gasteiger partial charge in [0, 0.05) is 29.6 Å². The van der Waals surface area contributed by atoms with Crippen LogP contribution in [-0.2, 0) is 0 Å². The number of benzene rings is 2. The fraction of sp³-hybridized carbons (Fsp3) is 0.211. The molecule has 0 atom stereocenters. The number of nitrogens with one attached hydrogen (secondary N) is 1. The fourth-order valence-corrected chi connectivity index (χ4v) is 2.27. The number of carbonyl (C=O) groups is 1. The third-order valence-electron chi connectivity index (χ3n) is 3.37. The Bertz CT molecular complexity index is 750. The lowest BCUT2D eigenvalue weighted by molar-refractivity contribution is 0.104. The molecule has 0 fully saturated rings. The van der Waals surface area contributed by atoms with E-state index in [-0.39, 0.29) is 18.7 Å². The van der Waals surface area contributed by atoms with Crippen molar-refractivity contribution in [3.63, 3.8) is 0 Å². The summed E-state index contributed by atoms with van der Waals surface area (Å²) in [5, 5.41) is 3.05. The third-order valence-corrected chi connectivity index (χ3v) is 3.37. The standard InChI is InChI=1S/C19H19NO4/c1-13(2)24-16-6-3-14(4-7-16)17(21)9-10-20-15-5-8-18-19(11-15)23-12-22-18/h3-11,13,20H,12H2,1-2H3. The van der Waals surface area contributed by atoms with E-state index in [2.05, 4.69) is 5.32 Å². The van der Waals surface area contributed by atoms with Crippen molar-refractivity contribution < 1.29 is 19.0 Å². The minimum Gasteiger partial charge on any atom is -0.491 e. The van der Waals surface area contributed by atoms with Gasteiger partial charge in [0.05, 0.1) is 6.10 Å². The van der Waals surface area contributed by atoms with Crippen molar-refractivity contribution >= 4 is 11.5 Å². The Balaban J connectivity index is 1.59. The highest BCUT2D eigenvalue weighted by Crippen LogP contribution is 2.34. The van der Waals surface area contributed by atoms with E-state index >= 15 is 0 Å². The van der Waals surface area contributed by atoms with Gasteiger partial charge in [0.15, 0.2) is 17.3 Å². The number of hydrogen-bond acceptors (Lipinski definition) is 5. The van der Waals surface area contributed by atoms with Crippen LogP contribution in [0, 0.1) is 0 Å². The van der Waals surface area contributed by atoms with Crippen LogP contribution >= 0.6 is 0 Å². The number of rotatable bonds is 6. The lowest BCUT2D eigenvalue weighted by atomic mass is 10.1. The molecule has 5 heteroatoms. The van der Waals surface area contributed by atoms with Gasteiger partial charge in [-0.15, -0.1) is 0 Å². The van der Waals surface area contributed by atoms with Crippen LogP contribution in [0.2, 0.25) is 0 Å². The van der Waals surface area contributed by atoms with Gasteiger partial charge in [-0.2, -0.15) is 0 Å². The van der Waals surface area contributed by atoms with Crippen molar-refractivity contribution in [2.75, 3.05) is 12.1 Å². The summed E-state index contributed by atoms with van der Waals surface area (Å²) in [6.07, 6.45) is 3.21. The molecule has 2 aromatic rings. The van der Waals surface area contributed by atoms with Gasteiger partial charge < -0.3 is 19.5 Å². The first-order valence-electron chi connectivity index (χ1n) is 7.75. The molecule has 0 bridgehead atoms. The molecule has 1 aliphatic heterocycles. The molecule has 0 saturated heterocycles. The summed E-state index contributed by atoms with van der Waals surface area (Å²) < 4.78 is 16.1. The predicted octanol–water partition coefficient (Wildman–Crippen LogP) is 4.01. The lowest BCUT2D eigenvalue weighted by Gasteiger charge is -2.09. The van der Waals surface area contributed by atoms with Crippen molar-refractivity contribution in [3.8, 4) is 17.2 Å². The van der Waals surface area contributed by atoms with Crippen LogP contribution in [0.4, 0.5) is 5.69 Å². The molecule has 0 aliphatic carbocycles. The first-order valence-corrected chi connectivity index (χ1v) is 7.75. The van der Waals surface area contributed by atoms with Gasteiger partial charge in [-0.25, -0.2) is 0 Å². The third kappa shape index (κ3) is 3.87. The van der Waals surface area contributed by atoms with Crippen LogP contribution < -0.4 is 19.5 Å². The molecule has 24 heavy (non-hydrogen) atoms. The number of ketones is 1. The van der Waals surface area contributed by atoms with Gasteiger partial charge in [0.25, 0.3) is 0 Å². The van der Waals surface area contributed by atoms with Crippen LogP contribution in [0.15, 0.2) is 54.7 Å². The second kappa shape index (κ2) is 7.08. The molecule has 2 aromatic carbocycles. The smallest absolute Gasteiger partial charge is 0.231 e. The summed E-state index contributed by atoms with van der Waals surface area (Å²) in [5.41, 5.74) is 1.43. The van der Waals surface area contributed by atoms with Gasteiger partial charge in [-0.1, -0.05) is 0 Å². The molecule has 5 nitrogen and oxygen atoms in total. The lowest BCUT2D eigenvalue weighted by Crippen LogP contribution is -2.05. The Kier molecular flexibility index (Phi) is 4.70. The highest BCUT2D eigenvalue weighted by Gasteiger charge is 2.12. The van der Waals surface area contributed by atoms with E-state index in [1.165, 1.54) is 6.08 Å². The molecular formula is C19H19NO4. The molecule has 0 radical (unpaired) electrons. The SMILES string of the molecule is CC(C)Oc1ccc(C(=O)C=CNc2ccc3c(c2)OCO3)cc1. The van der Waals surface area contributed by atoms with Gasteiger partial charge in [-0.3, -0.25) is 4.79 Å². The van der Waals surface area contributed by atoms with Crippen LogP contribution in [0.3, 0.4) is 0 Å². The second-order valence-electron chi connectivity index (χ2n) is 5.60. The van der Waals surface area contributed by atoms with E-state index in [1.54, 1.807) is 30.5 Å². The maximum atomic E-state index is 12.1. The molecule has 0 amide bonds. The molecular weight excluding hydrogens is 306 g/mol. The largest absolute Gasteiger partial charge is 0.491 e. The molecule has 1 aliphatic rings. The van der Waals surface area contributed by atoms with Crippen molar-refractivity contribution in [1.82, 2.24) is 0 Å². The van der Waals surface area contributed by atoms with Gasteiger partial charge in [0.2, 0.25) is 6.79 Å². The zero-order chi connectivity index (χ0) is 16.9. The van der Waals surface area contributed by atoms with Crippen LogP contribution in [0.1, 0.15) is 24.2 Å². The fourth-order valence-electron chi connectivity index (χ4n) is 2.27. The molecule has 3 rings (SSSR count). The van der Waals surface area contributed by atoms with Crippen LogP contribution in [0.5, 0.6) is 17.2 Å². The molecule has 1 N–H and O–H groups in total. The molecule has 0 unspecified atom stereocenters. The number of allylic oxidation sites excluding steroid dienone is 1. The summed E-state index contributed by atoms with van der Waals surface area (Å²) >= 11 is 0. The van der Waals surface area contributed by atoms with Crippen molar-refractivity contribution in [3.05, 3.63) is 60.3 Å². The van der Waals surface area contributed by atoms with E-state index in [4.69, 9.17) is 14.2 Å². The maximum absolute atomic E-state index is 12.1. The number of carbonyl (C=O) groups excluding carboxylic acids is 1. The first kappa shape index (κ1) is 15.9. The topological polar surface area (TPSA) is 56.8 Å². The zero-order valence-electron chi connectivity index (χ0n) is 13.6. The maximum Gasteiger partial charge on any atom is 0.231 e. The molecule has 124 valence electrons. The highest BCUT2D eigenvalue weighted by atomic mass is 16.7. The summed E-state index contributed by atoms with van der Waals surface area (Å²) in [6, 6.07) is 12.6. The van der Waals surface area contributed by atoms with E-state index in [0.29, 0.717) is 11.3 Å². The molecule has 0 spiro atoms. The average molecular weight is 325 g/mol. The number of anilines is 1.